The van der Waals surface area contributed by atoms with Crippen molar-refractivity contribution in [1.29, 1.82) is 0 Å². The number of aryl methyl sites for hydroxylation is 1. The molecular weight excluding hydrogens is 186 g/mol. The Morgan fingerprint density at radius 1 is 1.40 bits per heavy atom. The second-order valence-electron chi connectivity index (χ2n) is 4.54. The largest absolute Gasteiger partial charge is 0.311 e. The molecule has 1 aromatic rings. The average Bonchev–Trinajstić information content (AvgIpc) is 2.68. The van der Waals surface area contributed by atoms with Gasteiger partial charge in [-0.05, 0) is 31.9 Å². The Bertz CT molecular complexity index is 300. The first-order valence-electron chi connectivity index (χ1n) is 5.98. The van der Waals surface area contributed by atoms with Gasteiger partial charge in [-0.2, -0.15) is 5.10 Å². The highest BCUT2D eigenvalue weighted by Gasteiger charge is 2.25. The van der Waals surface area contributed by atoms with E-state index >= 15 is 0 Å². The monoisotopic (exact) mass is 207 g/mol. The number of rotatable bonds is 3. The van der Waals surface area contributed by atoms with E-state index < -0.39 is 0 Å². The van der Waals surface area contributed by atoms with Gasteiger partial charge in [0, 0.05) is 13.2 Å². The summed E-state index contributed by atoms with van der Waals surface area (Å²) in [4.78, 5) is 0. The molecule has 1 aliphatic rings. The standard InChI is InChI=1S/C12H21N3/c1-13-12(10-6-4-3-5-7-10)11-8-9-14-15(11)2/h8-10,12-13H,3-7H2,1-2H3. The maximum Gasteiger partial charge on any atom is 0.0553 e. The molecule has 84 valence electrons. The Kier molecular flexibility index (Phi) is 3.41. The third kappa shape index (κ3) is 2.23. The van der Waals surface area contributed by atoms with E-state index in [2.05, 4.69) is 23.5 Å². The van der Waals surface area contributed by atoms with Crippen molar-refractivity contribution < 1.29 is 0 Å². The summed E-state index contributed by atoms with van der Waals surface area (Å²) < 4.78 is 2.00. The van der Waals surface area contributed by atoms with Crippen LogP contribution in [0, 0.1) is 5.92 Å². The smallest absolute Gasteiger partial charge is 0.0553 e. The fraction of sp³-hybridized carbons (Fsp3) is 0.750. The van der Waals surface area contributed by atoms with Crippen LogP contribution in [0.25, 0.3) is 0 Å². The molecule has 1 saturated carbocycles. The molecule has 1 aliphatic carbocycles. The van der Waals surface area contributed by atoms with Crippen LogP contribution in [0.4, 0.5) is 0 Å². The molecule has 3 nitrogen and oxygen atoms in total. The van der Waals surface area contributed by atoms with Gasteiger partial charge in [0.05, 0.1) is 11.7 Å². The van der Waals surface area contributed by atoms with Crippen LogP contribution >= 0.6 is 0 Å². The summed E-state index contributed by atoms with van der Waals surface area (Å²) in [7, 11) is 4.09. The third-order valence-electron chi connectivity index (χ3n) is 3.61. The SMILES string of the molecule is CNC(c1ccnn1C)C1CCCCC1. The van der Waals surface area contributed by atoms with Crippen molar-refractivity contribution in [3.8, 4) is 0 Å². The van der Waals surface area contributed by atoms with Crippen LogP contribution in [-0.2, 0) is 7.05 Å². The van der Waals surface area contributed by atoms with E-state index in [9.17, 15) is 0 Å². The molecular formula is C12H21N3. The van der Waals surface area contributed by atoms with Crippen molar-refractivity contribution in [2.75, 3.05) is 7.05 Å². The zero-order chi connectivity index (χ0) is 10.7. The Hall–Kier alpha value is -0.830. The van der Waals surface area contributed by atoms with Crippen LogP contribution in [-0.4, -0.2) is 16.8 Å². The van der Waals surface area contributed by atoms with E-state index in [1.165, 1.54) is 37.8 Å². The maximum absolute atomic E-state index is 4.26. The molecule has 0 radical (unpaired) electrons. The lowest BCUT2D eigenvalue weighted by Gasteiger charge is -2.30. The second-order valence-corrected chi connectivity index (χ2v) is 4.54. The van der Waals surface area contributed by atoms with E-state index in [1.807, 2.05) is 17.9 Å². The zero-order valence-electron chi connectivity index (χ0n) is 9.74. The van der Waals surface area contributed by atoms with Gasteiger partial charge in [-0.1, -0.05) is 19.3 Å². The summed E-state index contributed by atoms with van der Waals surface area (Å²) in [5, 5.41) is 7.71. The van der Waals surface area contributed by atoms with Crippen LogP contribution in [0.2, 0.25) is 0 Å². The van der Waals surface area contributed by atoms with Gasteiger partial charge in [0.25, 0.3) is 0 Å². The van der Waals surface area contributed by atoms with Crippen LogP contribution < -0.4 is 5.32 Å². The molecule has 1 fully saturated rings. The first-order chi connectivity index (χ1) is 7.33. The van der Waals surface area contributed by atoms with E-state index in [-0.39, 0.29) is 0 Å². The molecule has 15 heavy (non-hydrogen) atoms. The fourth-order valence-corrected chi connectivity index (χ4v) is 2.78. The molecule has 0 spiro atoms. The molecule has 0 amide bonds. The van der Waals surface area contributed by atoms with Crippen molar-refractivity contribution in [1.82, 2.24) is 15.1 Å². The summed E-state index contributed by atoms with van der Waals surface area (Å²) in [6.45, 7) is 0. The number of hydrogen-bond donors (Lipinski definition) is 1. The summed E-state index contributed by atoms with van der Waals surface area (Å²) in [6.07, 6.45) is 8.80. The lowest BCUT2D eigenvalue weighted by atomic mass is 9.82. The van der Waals surface area contributed by atoms with Crippen molar-refractivity contribution in [3.05, 3.63) is 18.0 Å². The first-order valence-corrected chi connectivity index (χ1v) is 5.98. The minimum Gasteiger partial charge on any atom is -0.311 e. The van der Waals surface area contributed by atoms with Crippen LogP contribution in [0.5, 0.6) is 0 Å². The summed E-state index contributed by atoms with van der Waals surface area (Å²) in [5.41, 5.74) is 1.32. The second kappa shape index (κ2) is 4.79. The Balaban J connectivity index is 2.12. The van der Waals surface area contributed by atoms with E-state index in [1.54, 1.807) is 0 Å². The van der Waals surface area contributed by atoms with Gasteiger partial charge in [-0.3, -0.25) is 4.68 Å². The topological polar surface area (TPSA) is 29.9 Å². The molecule has 0 aromatic carbocycles. The molecule has 3 heteroatoms. The van der Waals surface area contributed by atoms with Gasteiger partial charge in [-0.15, -0.1) is 0 Å². The number of nitrogens with zero attached hydrogens (tertiary/aromatic N) is 2. The number of aromatic nitrogens is 2. The van der Waals surface area contributed by atoms with Crippen molar-refractivity contribution >= 4 is 0 Å². The third-order valence-corrected chi connectivity index (χ3v) is 3.61. The quantitative estimate of drug-likeness (QED) is 0.824. The molecule has 1 atom stereocenters. The van der Waals surface area contributed by atoms with E-state index in [0.29, 0.717) is 6.04 Å². The predicted molar refractivity (Wildman–Crippen MR) is 61.6 cm³/mol. The molecule has 1 N–H and O–H groups in total. The predicted octanol–water partition coefficient (Wildman–Crippen LogP) is 2.26. The Morgan fingerprint density at radius 3 is 2.67 bits per heavy atom. The normalized spacial score (nSPS) is 20.4. The van der Waals surface area contributed by atoms with E-state index in [0.717, 1.165) is 5.92 Å². The van der Waals surface area contributed by atoms with Gasteiger partial charge >= 0.3 is 0 Å². The van der Waals surface area contributed by atoms with Gasteiger partial charge < -0.3 is 5.32 Å². The fourth-order valence-electron chi connectivity index (χ4n) is 2.78. The molecule has 2 rings (SSSR count). The summed E-state index contributed by atoms with van der Waals surface area (Å²) >= 11 is 0. The summed E-state index contributed by atoms with van der Waals surface area (Å²) in [6, 6.07) is 2.62. The van der Waals surface area contributed by atoms with Crippen LogP contribution in [0.15, 0.2) is 12.3 Å². The van der Waals surface area contributed by atoms with Crippen LogP contribution in [0.3, 0.4) is 0 Å². The highest BCUT2D eigenvalue weighted by atomic mass is 15.3. The van der Waals surface area contributed by atoms with Gasteiger partial charge in [0.15, 0.2) is 0 Å². The Morgan fingerprint density at radius 2 is 2.13 bits per heavy atom. The van der Waals surface area contributed by atoms with Gasteiger partial charge in [0.1, 0.15) is 0 Å². The van der Waals surface area contributed by atoms with Gasteiger partial charge in [-0.25, -0.2) is 0 Å². The molecule has 1 aromatic heterocycles. The van der Waals surface area contributed by atoms with Crippen LogP contribution in [0.1, 0.15) is 43.8 Å². The Labute approximate surface area is 91.9 Å². The lowest BCUT2D eigenvalue weighted by molar-refractivity contribution is 0.273. The molecule has 0 bridgehead atoms. The molecule has 1 unspecified atom stereocenters. The van der Waals surface area contributed by atoms with Crippen molar-refractivity contribution in [3.63, 3.8) is 0 Å². The van der Waals surface area contributed by atoms with Crippen molar-refractivity contribution in [2.45, 2.75) is 38.1 Å². The lowest BCUT2D eigenvalue weighted by Crippen LogP contribution is -2.28. The summed E-state index contributed by atoms with van der Waals surface area (Å²) in [5.74, 6) is 0.791. The van der Waals surface area contributed by atoms with E-state index in [4.69, 9.17) is 0 Å². The highest BCUT2D eigenvalue weighted by molar-refractivity contribution is 5.08. The highest BCUT2D eigenvalue weighted by Crippen LogP contribution is 2.33. The minimum absolute atomic E-state index is 0.484. The van der Waals surface area contributed by atoms with Crippen molar-refractivity contribution in [2.24, 2.45) is 13.0 Å². The first kappa shape index (κ1) is 10.7. The number of nitrogens with one attached hydrogen (secondary N) is 1. The molecule has 1 heterocycles. The van der Waals surface area contributed by atoms with Gasteiger partial charge in [0.2, 0.25) is 0 Å². The molecule has 0 aliphatic heterocycles. The average molecular weight is 207 g/mol. The molecule has 0 saturated heterocycles. The maximum atomic E-state index is 4.26. The zero-order valence-corrected chi connectivity index (χ0v) is 9.74. The minimum atomic E-state index is 0.484. The number of hydrogen-bond acceptors (Lipinski definition) is 2.